The number of benzene rings is 4. The number of aromatic nitrogens is 4. The summed E-state index contributed by atoms with van der Waals surface area (Å²) >= 11 is 0. The van der Waals surface area contributed by atoms with Gasteiger partial charge in [-0.2, -0.15) is 0 Å². The van der Waals surface area contributed by atoms with Crippen molar-refractivity contribution in [2.24, 2.45) is 0 Å². The molecular formula is C36H24IrN4O-2. The Morgan fingerprint density at radius 2 is 1.52 bits per heavy atom. The maximum absolute atomic E-state index is 6.30. The van der Waals surface area contributed by atoms with Crippen molar-refractivity contribution in [2.45, 2.75) is 6.92 Å². The molecule has 0 bridgehead atoms. The minimum absolute atomic E-state index is 0. The predicted molar refractivity (Wildman–Crippen MR) is 164 cm³/mol. The average Bonchev–Trinajstić information content (AvgIpc) is 3.63. The first-order valence-electron chi connectivity index (χ1n) is 13.4. The molecule has 0 spiro atoms. The standard InChI is InChI=1S/C25H16N3O.C11H8N.Ir/c1-16-13-14-19(23-22(16)18-10-5-6-12-21(18)29-23)25-27-24-20(11-7-15-26-24)28(25)17-8-3-2-4-9-17;1-2-6-10(7-3-1)11-8-4-5-9-12-11;/h2-13,15H,1H3;1-6,8-9H;/q2*-1;. The molecule has 6 heteroatoms. The SMILES string of the molecule is Cc1c[c-]c(-c2nc3ncccc3n2-c2ccccc2)c2oc3ccccc3c12.[Ir].[c-]1ccccc1-c1ccccn1. The molecule has 0 amide bonds. The van der Waals surface area contributed by atoms with Crippen LogP contribution < -0.4 is 0 Å². The molecule has 0 unspecified atom stereocenters. The summed E-state index contributed by atoms with van der Waals surface area (Å²) in [6, 6.07) is 44.6. The van der Waals surface area contributed by atoms with Crippen LogP contribution in [0.3, 0.4) is 0 Å². The molecule has 4 aromatic heterocycles. The molecule has 0 aliphatic carbocycles. The minimum Gasteiger partial charge on any atom is -0.501 e. The Hall–Kier alpha value is -4.90. The molecule has 8 aromatic rings. The van der Waals surface area contributed by atoms with Crippen molar-refractivity contribution < 1.29 is 24.5 Å². The van der Waals surface area contributed by atoms with Crippen LogP contribution in [-0.2, 0) is 20.1 Å². The Morgan fingerprint density at radius 3 is 2.33 bits per heavy atom. The summed E-state index contributed by atoms with van der Waals surface area (Å²) in [6.45, 7) is 2.09. The van der Waals surface area contributed by atoms with E-state index in [2.05, 4.69) is 51.8 Å². The average molecular weight is 721 g/mol. The van der Waals surface area contributed by atoms with Crippen LogP contribution >= 0.6 is 0 Å². The molecule has 0 saturated carbocycles. The monoisotopic (exact) mass is 721 g/mol. The van der Waals surface area contributed by atoms with Crippen LogP contribution in [0, 0.1) is 19.1 Å². The maximum Gasteiger partial charge on any atom is 0.168 e. The summed E-state index contributed by atoms with van der Waals surface area (Å²) in [5.41, 5.74) is 8.33. The smallest absolute Gasteiger partial charge is 0.168 e. The number of rotatable bonds is 3. The third kappa shape index (κ3) is 5.03. The van der Waals surface area contributed by atoms with E-state index in [4.69, 9.17) is 9.40 Å². The van der Waals surface area contributed by atoms with E-state index in [-0.39, 0.29) is 20.1 Å². The molecule has 4 aromatic carbocycles. The second kappa shape index (κ2) is 11.9. The van der Waals surface area contributed by atoms with Crippen molar-refractivity contribution in [3.8, 4) is 28.3 Å². The number of pyridine rings is 2. The van der Waals surface area contributed by atoms with Gasteiger partial charge in [0.1, 0.15) is 5.58 Å². The maximum atomic E-state index is 6.30. The fourth-order valence-corrected chi connectivity index (χ4v) is 5.09. The largest absolute Gasteiger partial charge is 0.501 e. The third-order valence-corrected chi connectivity index (χ3v) is 6.97. The van der Waals surface area contributed by atoms with Crippen LogP contribution in [0.2, 0.25) is 0 Å². The van der Waals surface area contributed by atoms with Crippen LogP contribution in [0.15, 0.2) is 132 Å². The number of hydrogen-bond donors (Lipinski definition) is 0. The molecule has 0 aliphatic heterocycles. The van der Waals surface area contributed by atoms with E-state index >= 15 is 0 Å². The molecule has 8 rings (SSSR count). The summed E-state index contributed by atoms with van der Waals surface area (Å²) in [7, 11) is 0. The number of nitrogens with zero attached hydrogens (tertiary/aromatic N) is 4. The van der Waals surface area contributed by atoms with Gasteiger partial charge in [-0.05, 0) is 42.1 Å². The quantitative estimate of drug-likeness (QED) is 0.172. The molecule has 0 aliphatic rings. The van der Waals surface area contributed by atoms with Gasteiger partial charge in [-0.25, -0.2) is 4.98 Å². The molecule has 0 fully saturated rings. The van der Waals surface area contributed by atoms with E-state index in [0.717, 1.165) is 61.4 Å². The Morgan fingerprint density at radius 1 is 0.738 bits per heavy atom. The van der Waals surface area contributed by atoms with Gasteiger partial charge in [-0.15, -0.1) is 53.6 Å². The second-order valence-electron chi connectivity index (χ2n) is 9.59. The second-order valence-corrected chi connectivity index (χ2v) is 9.59. The Bertz CT molecular complexity index is 2070. The van der Waals surface area contributed by atoms with Crippen LogP contribution in [0.1, 0.15) is 5.56 Å². The Labute approximate surface area is 256 Å². The number of furan rings is 1. The summed E-state index contributed by atoms with van der Waals surface area (Å²) in [5.74, 6) is 0.772. The van der Waals surface area contributed by atoms with E-state index in [0.29, 0.717) is 5.65 Å². The van der Waals surface area contributed by atoms with Crippen molar-refractivity contribution in [1.82, 2.24) is 19.5 Å². The Balaban J connectivity index is 0.000000205. The van der Waals surface area contributed by atoms with Gasteiger partial charge in [0.15, 0.2) is 5.65 Å². The van der Waals surface area contributed by atoms with Gasteiger partial charge in [0.25, 0.3) is 0 Å². The van der Waals surface area contributed by atoms with E-state index in [9.17, 15) is 0 Å². The Kier molecular flexibility index (Phi) is 7.74. The molecule has 0 N–H and O–H groups in total. The zero-order valence-electron chi connectivity index (χ0n) is 22.7. The van der Waals surface area contributed by atoms with Gasteiger partial charge in [-0.1, -0.05) is 66.4 Å². The fraction of sp³-hybridized carbons (Fsp3) is 0.0278. The molecule has 1 radical (unpaired) electrons. The van der Waals surface area contributed by atoms with Crippen LogP contribution in [0.5, 0.6) is 0 Å². The van der Waals surface area contributed by atoms with Gasteiger partial charge < -0.3 is 14.0 Å². The first kappa shape index (κ1) is 27.3. The molecule has 4 heterocycles. The summed E-state index contributed by atoms with van der Waals surface area (Å²) in [4.78, 5) is 13.6. The first-order valence-corrected chi connectivity index (χ1v) is 13.4. The first-order chi connectivity index (χ1) is 20.3. The molecule has 42 heavy (non-hydrogen) atoms. The molecule has 0 saturated heterocycles. The molecule has 0 atom stereocenters. The zero-order valence-corrected chi connectivity index (χ0v) is 25.0. The van der Waals surface area contributed by atoms with Crippen LogP contribution in [-0.4, -0.2) is 19.5 Å². The summed E-state index contributed by atoms with van der Waals surface area (Å²) in [6.07, 6.45) is 3.56. The normalized spacial score (nSPS) is 10.8. The van der Waals surface area contributed by atoms with Crippen molar-refractivity contribution in [1.29, 1.82) is 0 Å². The number of hydrogen-bond acceptors (Lipinski definition) is 4. The van der Waals surface area contributed by atoms with E-state index in [1.54, 1.807) is 12.4 Å². The van der Waals surface area contributed by atoms with E-state index in [1.165, 1.54) is 0 Å². The van der Waals surface area contributed by atoms with Gasteiger partial charge in [0.2, 0.25) is 0 Å². The van der Waals surface area contributed by atoms with Crippen molar-refractivity contribution >= 4 is 33.1 Å². The molecule has 5 nitrogen and oxygen atoms in total. The summed E-state index contributed by atoms with van der Waals surface area (Å²) in [5, 5.41) is 2.21. The van der Waals surface area contributed by atoms with Crippen molar-refractivity contribution in [3.05, 3.63) is 145 Å². The summed E-state index contributed by atoms with van der Waals surface area (Å²) < 4.78 is 8.42. The van der Waals surface area contributed by atoms with Crippen molar-refractivity contribution in [2.75, 3.05) is 0 Å². The number of aryl methyl sites for hydroxylation is 1. The fourth-order valence-electron chi connectivity index (χ4n) is 5.09. The van der Waals surface area contributed by atoms with Crippen LogP contribution in [0.4, 0.5) is 0 Å². The third-order valence-electron chi connectivity index (χ3n) is 6.97. The molecular weight excluding hydrogens is 697 g/mol. The number of fused-ring (bicyclic) bond motifs is 4. The van der Waals surface area contributed by atoms with Gasteiger partial charge in [0, 0.05) is 43.6 Å². The topological polar surface area (TPSA) is 56.7 Å². The van der Waals surface area contributed by atoms with Crippen LogP contribution in [0.25, 0.3) is 61.4 Å². The van der Waals surface area contributed by atoms with E-state index < -0.39 is 0 Å². The zero-order chi connectivity index (χ0) is 27.6. The predicted octanol–water partition coefficient (Wildman–Crippen LogP) is 8.64. The number of imidazole rings is 1. The minimum atomic E-state index is 0. The van der Waals surface area contributed by atoms with E-state index in [1.807, 2.05) is 97.1 Å². The van der Waals surface area contributed by atoms with Gasteiger partial charge in [-0.3, -0.25) is 4.98 Å². The van der Waals surface area contributed by atoms with Gasteiger partial charge >= 0.3 is 0 Å². The molecule has 205 valence electrons. The van der Waals surface area contributed by atoms with Crippen molar-refractivity contribution in [3.63, 3.8) is 0 Å². The number of para-hydroxylation sites is 2. The van der Waals surface area contributed by atoms with Gasteiger partial charge in [0.05, 0.1) is 16.9 Å².